The number of benzene rings is 1. The van der Waals surface area contributed by atoms with E-state index in [1.165, 1.54) is 6.20 Å². The lowest BCUT2D eigenvalue weighted by Crippen LogP contribution is -2.42. The van der Waals surface area contributed by atoms with E-state index in [0.717, 1.165) is 24.6 Å². The van der Waals surface area contributed by atoms with Gasteiger partial charge in [-0.05, 0) is 49.2 Å². The van der Waals surface area contributed by atoms with E-state index in [1.54, 1.807) is 31.0 Å². The highest BCUT2D eigenvalue weighted by molar-refractivity contribution is 5.76. The average molecular weight is 387 g/mol. The molecule has 0 unspecified atom stereocenters. The Morgan fingerprint density at radius 3 is 2.86 bits per heavy atom. The monoisotopic (exact) mass is 387 g/mol. The summed E-state index contributed by atoms with van der Waals surface area (Å²) in [4.78, 5) is 5.79. The summed E-state index contributed by atoms with van der Waals surface area (Å²) in [6.45, 7) is 3.24. The Bertz CT molecular complexity index is 964. The predicted molar refractivity (Wildman–Crippen MR) is 101 cm³/mol. The Labute approximate surface area is 161 Å². The van der Waals surface area contributed by atoms with E-state index in [0.29, 0.717) is 23.5 Å². The van der Waals surface area contributed by atoms with Crippen LogP contribution in [0.1, 0.15) is 34.7 Å². The van der Waals surface area contributed by atoms with Crippen LogP contribution in [0.5, 0.6) is 0 Å². The molecule has 2 aromatic rings. The zero-order chi connectivity index (χ0) is 20.1. The highest BCUT2D eigenvalue weighted by Gasteiger charge is 2.45. The number of fused-ring (bicyclic) bond motifs is 3. The summed E-state index contributed by atoms with van der Waals surface area (Å²) in [7, 11) is 1.75. The van der Waals surface area contributed by atoms with Gasteiger partial charge in [-0.15, -0.1) is 0 Å². The van der Waals surface area contributed by atoms with Crippen LogP contribution in [0.25, 0.3) is 0 Å². The molecule has 1 fully saturated rings. The summed E-state index contributed by atoms with van der Waals surface area (Å²) < 4.78 is 41.7. The zero-order valence-corrected chi connectivity index (χ0v) is 15.6. The second-order valence-corrected chi connectivity index (χ2v) is 7.33. The second-order valence-electron chi connectivity index (χ2n) is 7.33. The van der Waals surface area contributed by atoms with Crippen molar-refractivity contribution in [1.29, 1.82) is 5.26 Å². The Morgan fingerprint density at radius 1 is 1.36 bits per heavy atom. The number of nitriles is 1. The molecule has 2 aliphatic heterocycles. The van der Waals surface area contributed by atoms with Crippen molar-refractivity contribution in [3.8, 4) is 6.07 Å². The maximum atomic E-state index is 13.9. The number of anilines is 3. The maximum absolute atomic E-state index is 13.9. The molecule has 1 aromatic carbocycles. The number of likely N-dealkylation sites (N-methyl/N-ethyl adjacent to an activating group) is 1. The number of nitrogens with zero attached hydrogens (tertiary/aromatic N) is 3. The molecule has 4 rings (SSSR count). The van der Waals surface area contributed by atoms with Gasteiger partial charge >= 0.3 is 6.18 Å². The molecule has 0 radical (unpaired) electrons. The molecule has 0 amide bonds. The molecule has 0 spiro atoms. The fourth-order valence-electron chi connectivity index (χ4n) is 4.36. The van der Waals surface area contributed by atoms with Crippen LogP contribution < -0.4 is 15.5 Å². The van der Waals surface area contributed by atoms with Gasteiger partial charge in [0.1, 0.15) is 6.07 Å². The van der Waals surface area contributed by atoms with Gasteiger partial charge in [-0.25, -0.2) is 4.98 Å². The van der Waals surface area contributed by atoms with Crippen LogP contribution in [-0.2, 0) is 6.18 Å². The van der Waals surface area contributed by atoms with Gasteiger partial charge in [-0.3, -0.25) is 0 Å². The van der Waals surface area contributed by atoms with Crippen molar-refractivity contribution in [2.24, 2.45) is 0 Å². The van der Waals surface area contributed by atoms with E-state index in [4.69, 9.17) is 0 Å². The van der Waals surface area contributed by atoms with Crippen molar-refractivity contribution in [1.82, 2.24) is 10.3 Å². The molecule has 8 heteroatoms. The van der Waals surface area contributed by atoms with Crippen LogP contribution in [0.2, 0.25) is 0 Å². The van der Waals surface area contributed by atoms with Gasteiger partial charge in [0.2, 0.25) is 0 Å². The minimum absolute atomic E-state index is 0.00188. The van der Waals surface area contributed by atoms with Crippen LogP contribution in [0.4, 0.5) is 30.2 Å². The zero-order valence-electron chi connectivity index (χ0n) is 15.6. The van der Waals surface area contributed by atoms with Gasteiger partial charge in [0.25, 0.3) is 0 Å². The van der Waals surface area contributed by atoms with Crippen molar-refractivity contribution >= 4 is 17.1 Å². The summed E-state index contributed by atoms with van der Waals surface area (Å²) in [6, 6.07) is 6.68. The first-order valence-corrected chi connectivity index (χ1v) is 9.12. The Hall–Kier alpha value is -2.79. The van der Waals surface area contributed by atoms with Gasteiger partial charge in [-0.2, -0.15) is 18.4 Å². The van der Waals surface area contributed by atoms with Crippen molar-refractivity contribution in [2.45, 2.75) is 31.5 Å². The SMILES string of the molecule is Cc1ccnc(C#N)c1Nc1cc2c(c(C(F)(F)F)c1)N(C)[C@H]1CCNC[C@@H]21. The van der Waals surface area contributed by atoms with Gasteiger partial charge in [0.15, 0.2) is 5.69 Å². The topological polar surface area (TPSA) is 64.0 Å². The van der Waals surface area contributed by atoms with E-state index in [9.17, 15) is 18.4 Å². The Morgan fingerprint density at radius 2 is 2.14 bits per heavy atom. The molecule has 3 heterocycles. The summed E-state index contributed by atoms with van der Waals surface area (Å²) in [5.74, 6) is 0.00188. The number of aromatic nitrogens is 1. The normalized spacial score (nSPS) is 21.1. The van der Waals surface area contributed by atoms with E-state index >= 15 is 0 Å². The summed E-state index contributed by atoms with van der Waals surface area (Å²) >= 11 is 0. The smallest absolute Gasteiger partial charge is 0.370 e. The average Bonchev–Trinajstić information content (AvgIpc) is 2.95. The number of hydrogen-bond donors (Lipinski definition) is 2. The van der Waals surface area contributed by atoms with Gasteiger partial charge in [0, 0.05) is 37.4 Å². The first kappa shape index (κ1) is 18.6. The molecule has 2 atom stereocenters. The quantitative estimate of drug-likeness (QED) is 0.818. The molecule has 5 nitrogen and oxygen atoms in total. The molecule has 2 aliphatic rings. The molecule has 28 heavy (non-hydrogen) atoms. The number of halogens is 3. The summed E-state index contributed by atoms with van der Waals surface area (Å²) in [5, 5.41) is 15.6. The first-order chi connectivity index (χ1) is 13.3. The number of hydrogen-bond acceptors (Lipinski definition) is 5. The lowest BCUT2D eigenvalue weighted by molar-refractivity contribution is -0.137. The van der Waals surface area contributed by atoms with Crippen molar-refractivity contribution in [2.75, 3.05) is 30.4 Å². The minimum Gasteiger partial charge on any atom is -0.370 e. The van der Waals surface area contributed by atoms with Crippen LogP contribution in [0.3, 0.4) is 0 Å². The van der Waals surface area contributed by atoms with E-state index < -0.39 is 11.7 Å². The lowest BCUT2D eigenvalue weighted by atomic mass is 9.89. The number of pyridine rings is 1. The lowest BCUT2D eigenvalue weighted by Gasteiger charge is -2.31. The van der Waals surface area contributed by atoms with Crippen LogP contribution in [0, 0.1) is 18.3 Å². The van der Waals surface area contributed by atoms with Gasteiger partial charge in [0.05, 0.1) is 16.9 Å². The minimum atomic E-state index is -4.47. The molecule has 0 bridgehead atoms. The van der Waals surface area contributed by atoms with Crippen molar-refractivity contribution < 1.29 is 13.2 Å². The highest BCUT2D eigenvalue weighted by atomic mass is 19.4. The molecule has 0 saturated carbocycles. The molecule has 1 saturated heterocycles. The standard InChI is InChI=1S/C20H20F3N5/c1-11-3-6-26-16(9-24)18(11)27-12-7-13-14-10-25-5-4-17(14)28(2)19(13)15(8-12)20(21,22)23/h3,6-8,14,17,25,27H,4-5,10H2,1-2H3/t14-,17-/m0/s1. The van der Waals surface area contributed by atoms with Crippen LogP contribution >= 0.6 is 0 Å². The van der Waals surface area contributed by atoms with E-state index in [-0.39, 0.29) is 23.3 Å². The number of alkyl halides is 3. The summed E-state index contributed by atoms with van der Waals surface area (Å²) in [5.41, 5.74) is 1.96. The third kappa shape index (κ3) is 2.96. The fourth-order valence-corrected chi connectivity index (χ4v) is 4.36. The fraction of sp³-hybridized carbons (Fsp3) is 0.400. The first-order valence-electron chi connectivity index (χ1n) is 9.12. The molecule has 0 aliphatic carbocycles. The third-order valence-corrected chi connectivity index (χ3v) is 5.67. The maximum Gasteiger partial charge on any atom is 0.418 e. The molecule has 2 N–H and O–H groups in total. The molecular weight excluding hydrogens is 367 g/mol. The van der Waals surface area contributed by atoms with Crippen molar-refractivity contribution in [3.05, 3.63) is 46.8 Å². The third-order valence-electron chi connectivity index (χ3n) is 5.67. The number of rotatable bonds is 2. The second kappa shape index (κ2) is 6.67. The number of piperidine rings is 1. The van der Waals surface area contributed by atoms with Gasteiger partial charge in [-0.1, -0.05) is 0 Å². The van der Waals surface area contributed by atoms with E-state index in [2.05, 4.69) is 15.6 Å². The van der Waals surface area contributed by atoms with Crippen LogP contribution in [-0.4, -0.2) is 31.2 Å². The summed E-state index contributed by atoms with van der Waals surface area (Å²) in [6.07, 6.45) is -2.16. The highest BCUT2D eigenvalue weighted by Crippen LogP contribution is 2.50. The predicted octanol–water partition coefficient (Wildman–Crippen LogP) is 3.92. The Kier molecular flexibility index (Phi) is 4.42. The van der Waals surface area contributed by atoms with E-state index in [1.807, 2.05) is 6.07 Å². The number of nitrogens with one attached hydrogen (secondary N) is 2. The van der Waals surface area contributed by atoms with Gasteiger partial charge < -0.3 is 15.5 Å². The molecule has 146 valence electrons. The Balaban J connectivity index is 1.85. The molecular formula is C20H20F3N5. The van der Waals surface area contributed by atoms with Crippen molar-refractivity contribution in [3.63, 3.8) is 0 Å². The van der Waals surface area contributed by atoms with Crippen LogP contribution in [0.15, 0.2) is 24.4 Å². The largest absolute Gasteiger partial charge is 0.418 e. The number of aryl methyl sites for hydroxylation is 1. The molecule has 1 aromatic heterocycles.